The summed E-state index contributed by atoms with van der Waals surface area (Å²) >= 11 is 5.90. The lowest BCUT2D eigenvalue weighted by Crippen LogP contribution is -2.44. The smallest absolute Gasteiger partial charge is 0.319 e. The summed E-state index contributed by atoms with van der Waals surface area (Å²) in [6.07, 6.45) is 0.690. The molecule has 1 aliphatic rings. The van der Waals surface area contributed by atoms with E-state index in [1.165, 1.54) is 0 Å². The minimum absolute atomic E-state index is 0.103. The number of anilines is 1. The number of ether oxygens (including phenoxy) is 2. The minimum atomic E-state index is -0.285. The molecule has 0 aliphatic carbocycles. The molecular weight excluding hydrogens is 316 g/mol. The fraction of sp³-hybridized carbons (Fsp3) is 0.235. The summed E-state index contributed by atoms with van der Waals surface area (Å²) in [5.74, 6) is 1.61. The van der Waals surface area contributed by atoms with Gasteiger partial charge < -0.3 is 20.1 Å². The van der Waals surface area contributed by atoms with Gasteiger partial charge in [0.15, 0.2) is 0 Å². The largest absolute Gasteiger partial charge is 0.497 e. The average molecular weight is 333 g/mol. The number of rotatable bonds is 3. The van der Waals surface area contributed by atoms with Crippen molar-refractivity contribution in [3.63, 3.8) is 0 Å². The van der Waals surface area contributed by atoms with Crippen LogP contribution in [0.5, 0.6) is 11.5 Å². The van der Waals surface area contributed by atoms with Crippen molar-refractivity contribution >= 4 is 23.3 Å². The Morgan fingerprint density at radius 2 is 2.17 bits per heavy atom. The second kappa shape index (κ2) is 6.79. The van der Waals surface area contributed by atoms with Gasteiger partial charge in [-0.1, -0.05) is 17.7 Å². The number of nitrogens with one attached hydrogen (secondary N) is 2. The summed E-state index contributed by atoms with van der Waals surface area (Å²) in [4.78, 5) is 12.1. The number of halogens is 1. The molecule has 0 spiro atoms. The first kappa shape index (κ1) is 15.5. The standard InChI is InChI=1S/C17H17ClN2O3/c1-22-15-5-6-16-11(8-15)7-14(10-23-16)20-17(21)19-13-4-2-3-12(18)9-13/h2-6,8-9,14H,7,10H2,1H3,(H2,19,20,21)/t14-/m0/s1. The van der Waals surface area contributed by atoms with Crippen molar-refractivity contribution in [2.75, 3.05) is 19.0 Å². The van der Waals surface area contributed by atoms with Crippen LogP contribution >= 0.6 is 11.6 Å². The molecule has 0 saturated heterocycles. The Hall–Kier alpha value is -2.40. The first-order chi connectivity index (χ1) is 11.1. The molecule has 5 nitrogen and oxygen atoms in total. The van der Waals surface area contributed by atoms with Gasteiger partial charge in [-0.25, -0.2) is 4.79 Å². The molecule has 0 saturated carbocycles. The molecular formula is C17H17ClN2O3. The van der Waals surface area contributed by atoms with E-state index in [1.54, 1.807) is 31.4 Å². The molecule has 2 aromatic carbocycles. The monoisotopic (exact) mass is 332 g/mol. The summed E-state index contributed by atoms with van der Waals surface area (Å²) in [6.45, 7) is 0.433. The van der Waals surface area contributed by atoms with Gasteiger partial charge in [0.05, 0.1) is 13.2 Å². The van der Waals surface area contributed by atoms with Gasteiger partial charge in [0.1, 0.15) is 18.1 Å². The zero-order valence-corrected chi connectivity index (χ0v) is 13.4. The van der Waals surface area contributed by atoms with Crippen molar-refractivity contribution in [1.82, 2.24) is 5.32 Å². The van der Waals surface area contributed by atoms with Crippen molar-refractivity contribution in [3.05, 3.63) is 53.1 Å². The third-order valence-electron chi connectivity index (χ3n) is 3.59. The Balaban J connectivity index is 1.61. The molecule has 3 rings (SSSR count). The molecule has 0 fully saturated rings. The SMILES string of the molecule is COc1ccc2c(c1)C[C@H](NC(=O)Nc1cccc(Cl)c1)CO2. The molecule has 0 bridgehead atoms. The van der Waals surface area contributed by atoms with E-state index >= 15 is 0 Å². The summed E-state index contributed by atoms with van der Waals surface area (Å²) in [5, 5.41) is 6.24. The van der Waals surface area contributed by atoms with Crippen molar-refractivity contribution in [1.29, 1.82) is 0 Å². The van der Waals surface area contributed by atoms with E-state index in [4.69, 9.17) is 21.1 Å². The van der Waals surface area contributed by atoms with Crippen LogP contribution in [0, 0.1) is 0 Å². The van der Waals surface area contributed by atoms with Crippen LogP contribution in [0.25, 0.3) is 0 Å². The second-order valence-corrected chi connectivity index (χ2v) is 5.73. The van der Waals surface area contributed by atoms with E-state index < -0.39 is 0 Å². The number of fused-ring (bicyclic) bond motifs is 1. The Bertz CT molecular complexity index is 721. The second-order valence-electron chi connectivity index (χ2n) is 5.29. The maximum atomic E-state index is 12.1. The van der Waals surface area contributed by atoms with Gasteiger partial charge in [0.25, 0.3) is 0 Å². The quantitative estimate of drug-likeness (QED) is 0.904. The van der Waals surface area contributed by atoms with Gasteiger partial charge in [-0.2, -0.15) is 0 Å². The number of hydrogen-bond donors (Lipinski definition) is 2. The zero-order chi connectivity index (χ0) is 16.2. The minimum Gasteiger partial charge on any atom is -0.497 e. The first-order valence-corrected chi connectivity index (χ1v) is 7.64. The molecule has 0 aromatic heterocycles. The highest BCUT2D eigenvalue weighted by Crippen LogP contribution is 2.28. The number of carbonyl (C=O) groups excluding carboxylic acids is 1. The number of methoxy groups -OCH3 is 1. The van der Waals surface area contributed by atoms with Crippen molar-refractivity contribution in [2.45, 2.75) is 12.5 Å². The molecule has 2 aromatic rings. The fourth-order valence-corrected chi connectivity index (χ4v) is 2.70. The maximum absolute atomic E-state index is 12.1. The highest BCUT2D eigenvalue weighted by molar-refractivity contribution is 6.30. The number of hydrogen-bond acceptors (Lipinski definition) is 3. The molecule has 0 radical (unpaired) electrons. The lowest BCUT2D eigenvalue weighted by atomic mass is 10.0. The molecule has 0 unspecified atom stereocenters. The Kier molecular flexibility index (Phi) is 4.57. The van der Waals surface area contributed by atoms with E-state index in [2.05, 4.69) is 10.6 Å². The van der Waals surface area contributed by atoms with Crippen LogP contribution < -0.4 is 20.1 Å². The third kappa shape index (κ3) is 3.87. The van der Waals surface area contributed by atoms with Crippen LogP contribution in [0.15, 0.2) is 42.5 Å². The van der Waals surface area contributed by atoms with Crippen LogP contribution in [0.2, 0.25) is 5.02 Å². The molecule has 1 heterocycles. The summed E-state index contributed by atoms with van der Waals surface area (Å²) in [6, 6.07) is 12.3. The van der Waals surface area contributed by atoms with Crippen LogP contribution in [-0.4, -0.2) is 25.8 Å². The average Bonchev–Trinajstić information content (AvgIpc) is 2.54. The van der Waals surface area contributed by atoms with Crippen LogP contribution in [0.3, 0.4) is 0 Å². The van der Waals surface area contributed by atoms with Gasteiger partial charge in [0.2, 0.25) is 0 Å². The number of urea groups is 1. The highest BCUT2D eigenvalue weighted by atomic mass is 35.5. The molecule has 1 atom stereocenters. The van der Waals surface area contributed by atoms with E-state index in [-0.39, 0.29) is 12.1 Å². The summed E-state index contributed by atoms with van der Waals surface area (Å²) in [7, 11) is 1.62. The van der Waals surface area contributed by atoms with Crippen molar-refractivity contribution in [2.24, 2.45) is 0 Å². The topological polar surface area (TPSA) is 59.6 Å². The van der Waals surface area contributed by atoms with Crippen LogP contribution in [-0.2, 0) is 6.42 Å². The van der Waals surface area contributed by atoms with Gasteiger partial charge in [-0.15, -0.1) is 0 Å². The molecule has 1 aliphatic heterocycles. The molecule has 23 heavy (non-hydrogen) atoms. The lowest BCUT2D eigenvalue weighted by molar-refractivity contribution is 0.222. The van der Waals surface area contributed by atoms with E-state index in [0.717, 1.165) is 17.1 Å². The lowest BCUT2D eigenvalue weighted by Gasteiger charge is -2.26. The summed E-state index contributed by atoms with van der Waals surface area (Å²) < 4.78 is 10.9. The number of amides is 2. The molecule has 6 heteroatoms. The molecule has 120 valence electrons. The number of benzene rings is 2. The van der Waals surface area contributed by atoms with E-state index in [9.17, 15) is 4.79 Å². The Morgan fingerprint density at radius 3 is 2.96 bits per heavy atom. The summed E-state index contributed by atoms with van der Waals surface area (Å²) in [5.41, 5.74) is 1.66. The van der Waals surface area contributed by atoms with Gasteiger partial charge in [0, 0.05) is 10.7 Å². The zero-order valence-electron chi connectivity index (χ0n) is 12.6. The Labute approximate surface area is 139 Å². The van der Waals surface area contributed by atoms with E-state index in [0.29, 0.717) is 23.7 Å². The van der Waals surface area contributed by atoms with Gasteiger partial charge in [-0.3, -0.25) is 0 Å². The van der Waals surface area contributed by atoms with Gasteiger partial charge >= 0.3 is 6.03 Å². The molecule has 2 amide bonds. The number of carbonyl (C=O) groups is 1. The fourth-order valence-electron chi connectivity index (χ4n) is 2.51. The normalized spacial score (nSPS) is 16.0. The van der Waals surface area contributed by atoms with Crippen LogP contribution in [0.4, 0.5) is 10.5 Å². The predicted molar refractivity (Wildman–Crippen MR) is 89.6 cm³/mol. The maximum Gasteiger partial charge on any atom is 0.319 e. The van der Waals surface area contributed by atoms with Crippen molar-refractivity contribution < 1.29 is 14.3 Å². The van der Waals surface area contributed by atoms with Crippen LogP contribution in [0.1, 0.15) is 5.56 Å². The third-order valence-corrected chi connectivity index (χ3v) is 3.83. The Morgan fingerprint density at radius 1 is 1.30 bits per heavy atom. The predicted octanol–water partition coefficient (Wildman–Crippen LogP) is 3.47. The van der Waals surface area contributed by atoms with Gasteiger partial charge in [-0.05, 0) is 48.4 Å². The van der Waals surface area contributed by atoms with Crippen molar-refractivity contribution in [3.8, 4) is 11.5 Å². The molecule has 2 N–H and O–H groups in total. The first-order valence-electron chi connectivity index (χ1n) is 7.27. The highest BCUT2D eigenvalue weighted by Gasteiger charge is 2.22. The van der Waals surface area contributed by atoms with E-state index in [1.807, 2.05) is 18.2 Å².